The number of carbonyl (C=O) groups excluding carboxylic acids is 1. The van der Waals surface area contributed by atoms with Crippen LogP contribution < -0.4 is 5.32 Å². The van der Waals surface area contributed by atoms with Gasteiger partial charge in [-0.2, -0.15) is 0 Å². The Morgan fingerprint density at radius 1 is 1.43 bits per heavy atom. The van der Waals surface area contributed by atoms with Gasteiger partial charge < -0.3 is 9.84 Å². The molecule has 0 aromatic rings. The van der Waals surface area contributed by atoms with Gasteiger partial charge >= 0.3 is 5.97 Å². The molecule has 0 aliphatic carbocycles. The largest absolute Gasteiger partial charge is 0.468 e. The monoisotopic (exact) mass is 203 g/mol. The molecule has 0 radical (unpaired) electrons. The Morgan fingerprint density at radius 3 is 2.36 bits per heavy atom. The van der Waals surface area contributed by atoms with Crippen LogP contribution in [0.5, 0.6) is 0 Å². The second-order valence-electron chi connectivity index (χ2n) is 3.92. The maximum absolute atomic E-state index is 11.1. The summed E-state index contributed by atoms with van der Waals surface area (Å²) < 4.78 is 4.58. The molecule has 2 N–H and O–H groups in total. The molecule has 4 heteroatoms. The molecule has 0 saturated heterocycles. The highest BCUT2D eigenvalue weighted by Gasteiger charge is 2.18. The maximum Gasteiger partial charge on any atom is 0.322 e. The fourth-order valence-corrected chi connectivity index (χ4v) is 1.36. The Balaban J connectivity index is 3.97. The number of ether oxygens (including phenoxy) is 1. The minimum Gasteiger partial charge on any atom is -0.468 e. The van der Waals surface area contributed by atoms with E-state index in [2.05, 4.69) is 23.9 Å². The molecule has 0 fully saturated rings. The molecule has 0 bridgehead atoms. The molecule has 0 amide bonds. The van der Waals surface area contributed by atoms with E-state index in [4.69, 9.17) is 5.11 Å². The van der Waals surface area contributed by atoms with Gasteiger partial charge in [-0.15, -0.1) is 0 Å². The van der Waals surface area contributed by atoms with Crippen molar-refractivity contribution >= 4 is 5.97 Å². The lowest BCUT2D eigenvalue weighted by molar-refractivity contribution is -0.142. The minimum atomic E-state index is -0.365. The van der Waals surface area contributed by atoms with Crippen LogP contribution in [0.2, 0.25) is 0 Å². The Hall–Kier alpha value is -0.610. The number of hydrogen-bond donors (Lipinski definition) is 2. The van der Waals surface area contributed by atoms with Gasteiger partial charge in [0.15, 0.2) is 0 Å². The molecule has 0 saturated carbocycles. The predicted molar refractivity (Wildman–Crippen MR) is 54.9 cm³/mol. The summed E-state index contributed by atoms with van der Waals surface area (Å²) in [5, 5.41) is 12.1. The smallest absolute Gasteiger partial charge is 0.322 e. The van der Waals surface area contributed by atoms with E-state index in [-0.39, 0.29) is 24.7 Å². The number of methoxy groups -OCH3 is 1. The lowest BCUT2D eigenvalue weighted by atomic mass is 10.0. The van der Waals surface area contributed by atoms with E-state index in [1.165, 1.54) is 7.11 Å². The molecule has 0 aliphatic rings. The SMILES string of the molecule is COC(=O)C(C)NC(CO)CC(C)C. The van der Waals surface area contributed by atoms with Crippen molar-refractivity contribution in [1.29, 1.82) is 0 Å². The van der Waals surface area contributed by atoms with Crippen LogP contribution in [0.1, 0.15) is 27.2 Å². The summed E-state index contributed by atoms with van der Waals surface area (Å²) in [6, 6.07) is -0.403. The van der Waals surface area contributed by atoms with Gasteiger partial charge in [0.2, 0.25) is 0 Å². The van der Waals surface area contributed by atoms with Crippen LogP contribution in [0.4, 0.5) is 0 Å². The first-order chi connectivity index (χ1) is 6.51. The molecule has 0 aromatic heterocycles. The lowest BCUT2D eigenvalue weighted by Gasteiger charge is -2.21. The summed E-state index contributed by atoms with van der Waals surface area (Å²) in [5.41, 5.74) is 0. The van der Waals surface area contributed by atoms with Gasteiger partial charge in [-0.05, 0) is 19.3 Å². The van der Waals surface area contributed by atoms with E-state index in [1.54, 1.807) is 6.92 Å². The number of carbonyl (C=O) groups is 1. The molecule has 14 heavy (non-hydrogen) atoms. The van der Waals surface area contributed by atoms with Crippen LogP contribution in [-0.4, -0.2) is 36.9 Å². The second kappa shape index (κ2) is 6.79. The van der Waals surface area contributed by atoms with Crippen molar-refractivity contribution in [1.82, 2.24) is 5.32 Å². The van der Waals surface area contributed by atoms with Crippen LogP contribution in [-0.2, 0) is 9.53 Å². The minimum absolute atomic E-state index is 0.0379. The molecule has 4 nitrogen and oxygen atoms in total. The molecule has 2 atom stereocenters. The van der Waals surface area contributed by atoms with E-state index in [9.17, 15) is 4.79 Å². The van der Waals surface area contributed by atoms with Gasteiger partial charge in [0.05, 0.1) is 13.7 Å². The molecular weight excluding hydrogens is 182 g/mol. The lowest BCUT2D eigenvalue weighted by Crippen LogP contribution is -2.44. The summed E-state index contributed by atoms with van der Waals surface area (Å²) in [4.78, 5) is 11.1. The first-order valence-corrected chi connectivity index (χ1v) is 4.96. The third-order valence-corrected chi connectivity index (χ3v) is 2.02. The van der Waals surface area contributed by atoms with Gasteiger partial charge in [-0.3, -0.25) is 10.1 Å². The number of nitrogens with one attached hydrogen (secondary N) is 1. The Labute approximate surface area is 85.6 Å². The van der Waals surface area contributed by atoms with Crippen LogP contribution >= 0.6 is 0 Å². The van der Waals surface area contributed by atoms with Crippen LogP contribution in [0.25, 0.3) is 0 Å². The Kier molecular flexibility index (Phi) is 6.49. The van der Waals surface area contributed by atoms with E-state index >= 15 is 0 Å². The third-order valence-electron chi connectivity index (χ3n) is 2.02. The standard InChI is InChI=1S/C10H21NO3/c1-7(2)5-9(6-12)11-8(3)10(13)14-4/h7-9,11-12H,5-6H2,1-4H3. The summed E-state index contributed by atoms with van der Waals surface area (Å²) in [6.45, 7) is 5.93. The fraction of sp³-hybridized carbons (Fsp3) is 0.900. The van der Waals surface area contributed by atoms with Crippen molar-refractivity contribution in [2.45, 2.75) is 39.3 Å². The summed E-state index contributed by atoms with van der Waals surface area (Å²) >= 11 is 0. The number of rotatable bonds is 6. The molecular formula is C10H21NO3. The van der Waals surface area contributed by atoms with E-state index < -0.39 is 0 Å². The molecule has 0 aromatic carbocycles. The molecule has 0 aliphatic heterocycles. The van der Waals surface area contributed by atoms with E-state index in [1.807, 2.05) is 0 Å². The summed E-state index contributed by atoms with van der Waals surface area (Å²) in [6.07, 6.45) is 0.845. The zero-order valence-electron chi connectivity index (χ0n) is 9.41. The number of esters is 1. The topological polar surface area (TPSA) is 58.6 Å². The van der Waals surface area contributed by atoms with Crippen LogP contribution in [0.3, 0.4) is 0 Å². The van der Waals surface area contributed by atoms with E-state index in [0.29, 0.717) is 5.92 Å². The second-order valence-corrected chi connectivity index (χ2v) is 3.92. The highest BCUT2D eigenvalue weighted by Crippen LogP contribution is 2.05. The molecule has 2 unspecified atom stereocenters. The Bertz CT molecular complexity index is 171. The fourth-order valence-electron chi connectivity index (χ4n) is 1.36. The molecule has 0 rings (SSSR count). The van der Waals surface area contributed by atoms with E-state index in [0.717, 1.165) is 6.42 Å². The van der Waals surface area contributed by atoms with Gasteiger partial charge in [-0.25, -0.2) is 0 Å². The average molecular weight is 203 g/mol. The van der Waals surface area contributed by atoms with Gasteiger partial charge in [0.1, 0.15) is 6.04 Å². The van der Waals surface area contributed by atoms with Crippen molar-refractivity contribution in [3.8, 4) is 0 Å². The summed E-state index contributed by atoms with van der Waals surface area (Å²) in [7, 11) is 1.36. The first kappa shape index (κ1) is 13.4. The van der Waals surface area contributed by atoms with Crippen molar-refractivity contribution in [2.24, 2.45) is 5.92 Å². The van der Waals surface area contributed by atoms with Crippen LogP contribution in [0.15, 0.2) is 0 Å². The zero-order chi connectivity index (χ0) is 11.1. The zero-order valence-corrected chi connectivity index (χ0v) is 9.41. The van der Waals surface area contributed by atoms with Gasteiger partial charge in [0, 0.05) is 6.04 Å². The predicted octanol–water partition coefficient (Wildman–Crippen LogP) is 0.544. The van der Waals surface area contributed by atoms with Crippen molar-refractivity contribution < 1.29 is 14.6 Å². The average Bonchev–Trinajstić information content (AvgIpc) is 2.14. The van der Waals surface area contributed by atoms with Crippen molar-refractivity contribution in [3.63, 3.8) is 0 Å². The first-order valence-electron chi connectivity index (χ1n) is 4.96. The van der Waals surface area contributed by atoms with Gasteiger partial charge in [-0.1, -0.05) is 13.8 Å². The van der Waals surface area contributed by atoms with Crippen molar-refractivity contribution in [2.75, 3.05) is 13.7 Å². The Morgan fingerprint density at radius 2 is 2.00 bits per heavy atom. The quantitative estimate of drug-likeness (QED) is 0.619. The van der Waals surface area contributed by atoms with Crippen LogP contribution in [0, 0.1) is 5.92 Å². The molecule has 84 valence electrons. The number of aliphatic hydroxyl groups excluding tert-OH is 1. The molecule has 0 heterocycles. The maximum atomic E-state index is 11.1. The number of aliphatic hydroxyl groups is 1. The van der Waals surface area contributed by atoms with Gasteiger partial charge in [0.25, 0.3) is 0 Å². The van der Waals surface area contributed by atoms with Crippen molar-refractivity contribution in [3.05, 3.63) is 0 Å². The number of hydrogen-bond acceptors (Lipinski definition) is 4. The third kappa shape index (κ3) is 5.19. The molecule has 0 spiro atoms. The highest BCUT2D eigenvalue weighted by molar-refractivity contribution is 5.75. The summed E-state index contributed by atoms with van der Waals surface area (Å²) in [5.74, 6) is 0.191. The highest BCUT2D eigenvalue weighted by atomic mass is 16.5. The normalized spacial score (nSPS) is 15.3.